The van der Waals surface area contributed by atoms with Crippen molar-refractivity contribution in [1.29, 1.82) is 0 Å². The van der Waals surface area contributed by atoms with E-state index in [9.17, 15) is 4.79 Å². The van der Waals surface area contributed by atoms with Gasteiger partial charge in [0.25, 0.3) is 0 Å². The molecular formula is C20H25N5O2S2. The number of aromatic nitrogens is 4. The smallest absolute Gasteiger partial charge is 0.236 e. The number of aryl methyl sites for hydroxylation is 2. The minimum absolute atomic E-state index is 0.114. The van der Waals surface area contributed by atoms with E-state index >= 15 is 0 Å². The highest BCUT2D eigenvalue weighted by molar-refractivity contribution is 7.99. The number of carbonyl (C=O) groups is 1. The van der Waals surface area contributed by atoms with Crippen LogP contribution >= 0.6 is 23.1 Å². The van der Waals surface area contributed by atoms with Crippen LogP contribution in [-0.4, -0.2) is 31.4 Å². The number of rotatable bonds is 9. The quantitative estimate of drug-likeness (QED) is 0.503. The van der Waals surface area contributed by atoms with Gasteiger partial charge in [0.1, 0.15) is 5.75 Å². The summed E-state index contributed by atoms with van der Waals surface area (Å²) < 4.78 is 8.03. The van der Waals surface area contributed by atoms with Gasteiger partial charge in [-0.1, -0.05) is 30.8 Å². The van der Waals surface area contributed by atoms with E-state index in [2.05, 4.69) is 39.6 Å². The molecule has 0 saturated heterocycles. The predicted octanol–water partition coefficient (Wildman–Crippen LogP) is 4.50. The van der Waals surface area contributed by atoms with Crippen LogP contribution in [-0.2, 0) is 17.8 Å². The molecule has 0 aliphatic heterocycles. The molecular weight excluding hydrogens is 406 g/mol. The number of hydrogen-bond donors (Lipinski definition) is 1. The van der Waals surface area contributed by atoms with Gasteiger partial charge in [-0.2, -0.15) is 0 Å². The van der Waals surface area contributed by atoms with Crippen LogP contribution in [0.25, 0.3) is 0 Å². The minimum atomic E-state index is -0.253. The summed E-state index contributed by atoms with van der Waals surface area (Å²) in [6.07, 6.45) is 0.743. The molecule has 0 fully saturated rings. The maximum absolute atomic E-state index is 12.2. The van der Waals surface area contributed by atoms with Gasteiger partial charge in [0.2, 0.25) is 5.91 Å². The molecule has 1 amide bonds. The van der Waals surface area contributed by atoms with E-state index in [1.807, 2.05) is 42.9 Å². The molecule has 154 valence electrons. The Kier molecular flexibility index (Phi) is 7.27. The summed E-state index contributed by atoms with van der Waals surface area (Å²) in [6.45, 7) is 8.70. The summed E-state index contributed by atoms with van der Waals surface area (Å²) in [4.78, 5) is 16.4. The first-order valence-electron chi connectivity index (χ1n) is 9.53. The van der Waals surface area contributed by atoms with E-state index in [4.69, 9.17) is 4.74 Å². The van der Waals surface area contributed by atoms with Gasteiger partial charge in [0.05, 0.1) is 11.4 Å². The Balaban J connectivity index is 1.61. The Bertz CT molecular complexity index is 952. The molecule has 0 bridgehead atoms. The zero-order chi connectivity index (χ0) is 20.8. The highest BCUT2D eigenvalue weighted by Crippen LogP contribution is 2.25. The van der Waals surface area contributed by atoms with Crippen molar-refractivity contribution >= 4 is 34.1 Å². The summed E-state index contributed by atoms with van der Waals surface area (Å²) in [7, 11) is 0. The Morgan fingerprint density at radius 1 is 1.28 bits per heavy atom. The molecule has 0 aliphatic carbocycles. The molecule has 0 unspecified atom stereocenters. The Morgan fingerprint density at radius 3 is 2.66 bits per heavy atom. The number of nitrogens with one attached hydrogen (secondary N) is 1. The number of anilines is 1. The molecule has 1 atom stereocenters. The van der Waals surface area contributed by atoms with Crippen LogP contribution in [0, 0.1) is 6.92 Å². The number of benzene rings is 1. The average molecular weight is 432 g/mol. The molecule has 0 radical (unpaired) electrons. The standard InChI is InChI=1S/C20H25N5O2S2/c1-5-15-7-9-16(10-8-15)27-14(4)18-23-24-20(25(18)6-2)29-12-17(26)22-19-21-13(3)11-28-19/h7-11,14H,5-6,12H2,1-4H3,(H,21,22,26)/t14-/m0/s1. The highest BCUT2D eigenvalue weighted by atomic mass is 32.2. The zero-order valence-corrected chi connectivity index (χ0v) is 18.6. The van der Waals surface area contributed by atoms with Crippen molar-refractivity contribution in [1.82, 2.24) is 19.7 Å². The maximum atomic E-state index is 12.2. The lowest BCUT2D eigenvalue weighted by molar-refractivity contribution is -0.113. The number of carbonyl (C=O) groups excluding carboxylic acids is 1. The van der Waals surface area contributed by atoms with Crippen LogP contribution in [0.3, 0.4) is 0 Å². The molecule has 3 aromatic rings. The lowest BCUT2D eigenvalue weighted by Crippen LogP contribution is -2.15. The van der Waals surface area contributed by atoms with Crippen molar-refractivity contribution in [2.45, 2.75) is 51.9 Å². The van der Waals surface area contributed by atoms with Crippen molar-refractivity contribution in [2.24, 2.45) is 0 Å². The number of amides is 1. The summed E-state index contributed by atoms with van der Waals surface area (Å²) in [5.41, 5.74) is 2.17. The van der Waals surface area contributed by atoms with Crippen LogP contribution in [0.5, 0.6) is 5.75 Å². The molecule has 9 heteroatoms. The third-order valence-electron chi connectivity index (χ3n) is 4.27. The van der Waals surface area contributed by atoms with Crippen molar-refractivity contribution in [3.05, 3.63) is 46.7 Å². The molecule has 1 N–H and O–H groups in total. The second-order valence-corrected chi connectivity index (χ2v) is 8.27. The lowest BCUT2D eigenvalue weighted by Gasteiger charge is -2.15. The number of thioether (sulfide) groups is 1. The molecule has 29 heavy (non-hydrogen) atoms. The van der Waals surface area contributed by atoms with Gasteiger partial charge in [-0.05, 0) is 44.9 Å². The summed E-state index contributed by atoms with van der Waals surface area (Å²) in [6, 6.07) is 8.08. The van der Waals surface area contributed by atoms with Gasteiger partial charge in [0, 0.05) is 11.9 Å². The molecule has 1 aromatic carbocycles. The Labute approximate surface area is 178 Å². The fourth-order valence-electron chi connectivity index (χ4n) is 2.76. The number of thiazole rings is 1. The summed E-state index contributed by atoms with van der Waals surface area (Å²) >= 11 is 2.77. The van der Waals surface area contributed by atoms with Gasteiger partial charge < -0.3 is 14.6 Å². The molecule has 2 heterocycles. The zero-order valence-electron chi connectivity index (χ0n) is 17.0. The maximum Gasteiger partial charge on any atom is 0.236 e. The topological polar surface area (TPSA) is 81.9 Å². The Morgan fingerprint density at radius 2 is 2.03 bits per heavy atom. The molecule has 0 aliphatic rings. The predicted molar refractivity (Wildman–Crippen MR) is 117 cm³/mol. The highest BCUT2D eigenvalue weighted by Gasteiger charge is 2.19. The number of hydrogen-bond acceptors (Lipinski definition) is 7. The van der Waals surface area contributed by atoms with Crippen LogP contribution in [0.4, 0.5) is 5.13 Å². The Hall–Kier alpha value is -2.39. The molecule has 7 nitrogen and oxygen atoms in total. The van der Waals surface area contributed by atoms with Crippen LogP contribution in [0.1, 0.15) is 44.0 Å². The van der Waals surface area contributed by atoms with Crippen molar-refractivity contribution in [3.63, 3.8) is 0 Å². The van der Waals surface area contributed by atoms with Crippen LogP contribution in [0.15, 0.2) is 34.8 Å². The van der Waals surface area contributed by atoms with Gasteiger partial charge in [0.15, 0.2) is 22.2 Å². The number of nitrogens with zero attached hydrogens (tertiary/aromatic N) is 4. The summed E-state index contributed by atoms with van der Waals surface area (Å²) in [5, 5.41) is 14.6. The number of ether oxygens (including phenoxy) is 1. The SMILES string of the molecule is CCc1ccc(O[C@@H](C)c2nnc(SCC(=O)Nc3nc(C)cs3)n2CC)cc1. The molecule has 3 rings (SSSR count). The van der Waals surface area contributed by atoms with Gasteiger partial charge in [-0.15, -0.1) is 21.5 Å². The summed E-state index contributed by atoms with van der Waals surface area (Å²) in [5.74, 6) is 1.67. The third kappa shape index (κ3) is 5.57. The van der Waals surface area contributed by atoms with E-state index in [1.165, 1.54) is 28.7 Å². The van der Waals surface area contributed by atoms with Gasteiger partial charge >= 0.3 is 0 Å². The van der Waals surface area contributed by atoms with E-state index in [0.29, 0.717) is 16.8 Å². The van der Waals surface area contributed by atoms with Crippen LogP contribution < -0.4 is 10.1 Å². The fourth-order valence-corrected chi connectivity index (χ4v) is 4.28. The van der Waals surface area contributed by atoms with Gasteiger partial charge in [-0.25, -0.2) is 4.98 Å². The first-order valence-corrected chi connectivity index (χ1v) is 11.4. The molecule has 2 aromatic heterocycles. The second kappa shape index (κ2) is 9.89. The first-order chi connectivity index (χ1) is 14.0. The van der Waals surface area contributed by atoms with E-state index in [1.54, 1.807) is 0 Å². The minimum Gasteiger partial charge on any atom is -0.483 e. The second-order valence-electron chi connectivity index (χ2n) is 6.47. The monoisotopic (exact) mass is 431 g/mol. The van der Waals surface area contributed by atoms with Crippen molar-refractivity contribution in [3.8, 4) is 5.75 Å². The van der Waals surface area contributed by atoms with Gasteiger partial charge in [-0.3, -0.25) is 4.79 Å². The largest absolute Gasteiger partial charge is 0.483 e. The van der Waals surface area contributed by atoms with E-state index in [0.717, 1.165) is 23.7 Å². The molecule has 0 saturated carbocycles. The normalized spacial score (nSPS) is 12.0. The van der Waals surface area contributed by atoms with Crippen LogP contribution in [0.2, 0.25) is 0 Å². The van der Waals surface area contributed by atoms with E-state index < -0.39 is 0 Å². The lowest BCUT2D eigenvalue weighted by atomic mass is 10.2. The first kappa shape index (κ1) is 21.3. The van der Waals surface area contributed by atoms with Crippen molar-refractivity contribution < 1.29 is 9.53 Å². The fraction of sp³-hybridized carbons (Fsp3) is 0.400. The molecule has 0 spiro atoms. The van der Waals surface area contributed by atoms with E-state index in [-0.39, 0.29) is 17.8 Å². The van der Waals surface area contributed by atoms with Crippen molar-refractivity contribution in [2.75, 3.05) is 11.1 Å². The average Bonchev–Trinajstić information content (AvgIpc) is 3.32. The third-order valence-corrected chi connectivity index (χ3v) is 6.11.